The maximum Gasteiger partial charge on any atom is 0.159 e. The summed E-state index contributed by atoms with van der Waals surface area (Å²) in [5.74, 6) is 4.62. The standard InChI is InChI=1S/C29H32O3/c1-5-29(32-4)15-14-26-24-12-10-21-16-22(31)11-13-23(21)27(24)25(17-28(26,29)3)20-8-6-19(7-9-20)18(2)30/h1,6-9,16,24-26H,10-15,17H2,2-4H3/t24-,25+,26-,28?,29-/m0/s1. The number of carbonyl (C=O) groups is 2. The molecule has 0 aromatic heterocycles. The average molecular weight is 429 g/mol. The first-order valence-corrected chi connectivity index (χ1v) is 11.9. The number of ether oxygens (including phenoxy) is 1. The van der Waals surface area contributed by atoms with Gasteiger partial charge in [-0.1, -0.05) is 42.7 Å². The molecule has 0 heterocycles. The molecular weight excluding hydrogens is 396 g/mol. The third-order valence-corrected chi connectivity index (χ3v) is 9.16. The molecular formula is C29H32O3. The zero-order valence-electron chi connectivity index (χ0n) is 19.4. The van der Waals surface area contributed by atoms with Crippen LogP contribution < -0.4 is 0 Å². The molecule has 32 heavy (non-hydrogen) atoms. The van der Waals surface area contributed by atoms with Crippen LogP contribution in [0.15, 0.2) is 47.1 Å². The van der Waals surface area contributed by atoms with Crippen LogP contribution in [0.5, 0.6) is 0 Å². The molecule has 0 amide bonds. The monoisotopic (exact) mass is 428 g/mol. The van der Waals surface area contributed by atoms with Crippen LogP contribution in [0.1, 0.15) is 80.6 Å². The summed E-state index contributed by atoms with van der Waals surface area (Å²) in [6.07, 6.45) is 14.5. The van der Waals surface area contributed by atoms with Crippen LogP contribution in [0.2, 0.25) is 0 Å². The zero-order chi connectivity index (χ0) is 22.7. The van der Waals surface area contributed by atoms with Gasteiger partial charge >= 0.3 is 0 Å². The van der Waals surface area contributed by atoms with Gasteiger partial charge in [-0.25, -0.2) is 0 Å². The predicted octanol–water partition coefficient (Wildman–Crippen LogP) is 5.81. The first kappa shape index (κ1) is 21.4. The van der Waals surface area contributed by atoms with E-state index in [4.69, 9.17) is 11.2 Å². The second kappa shape index (κ2) is 7.56. The van der Waals surface area contributed by atoms with Crippen molar-refractivity contribution in [2.24, 2.45) is 17.3 Å². The lowest BCUT2D eigenvalue weighted by Crippen LogP contribution is -2.51. The molecule has 0 radical (unpaired) electrons. The molecule has 0 spiro atoms. The Hall–Kier alpha value is -2.44. The van der Waals surface area contributed by atoms with Crippen LogP contribution in [0.3, 0.4) is 0 Å². The largest absolute Gasteiger partial charge is 0.365 e. The van der Waals surface area contributed by atoms with Crippen molar-refractivity contribution < 1.29 is 14.3 Å². The van der Waals surface area contributed by atoms with E-state index in [1.165, 1.54) is 22.3 Å². The Labute approximate surface area is 191 Å². The van der Waals surface area contributed by atoms with Crippen molar-refractivity contribution >= 4 is 11.6 Å². The fourth-order valence-electron chi connectivity index (χ4n) is 7.53. The van der Waals surface area contributed by atoms with Gasteiger partial charge in [-0.2, -0.15) is 0 Å². The number of methoxy groups -OCH3 is 1. The van der Waals surface area contributed by atoms with Crippen LogP contribution in [0, 0.1) is 29.6 Å². The van der Waals surface area contributed by atoms with Crippen molar-refractivity contribution in [3.8, 4) is 12.3 Å². The number of benzene rings is 1. The van der Waals surface area contributed by atoms with Gasteiger partial charge in [0, 0.05) is 30.4 Å². The van der Waals surface area contributed by atoms with Gasteiger partial charge in [0.05, 0.1) is 0 Å². The molecule has 0 bridgehead atoms. The highest BCUT2D eigenvalue weighted by molar-refractivity contribution is 5.94. The number of rotatable bonds is 3. The summed E-state index contributed by atoms with van der Waals surface area (Å²) in [6.45, 7) is 3.96. The van der Waals surface area contributed by atoms with Crippen LogP contribution >= 0.6 is 0 Å². The molecule has 4 aliphatic carbocycles. The van der Waals surface area contributed by atoms with Gasteiger partial charge in [-0.3, -0.25) is 9.59 Å². The lowest BCUT2D eigenvalue weighted by atomic mass is 9.51. The molecule has 1 unspecified atom stereocenters. The quantitative estimate of drug-likeness (QED) is 0.451. The minimum absolute atomic E-state index is 0.0855. The number of Topliss-reactive ketones (excluding diaryl/α,β-unsaturated/α-hetero) is 1. The maximum atomic E-state index is 12.2. The van der Waals surface area contributed by atoms with Crippen LogP contribution in [0.25, 0.3) is 0 Å². The molecule has 3 nitrogen and oxygen atoms in total. The van der Waals surface area contributed by atoms with Crippen molar-refractivity contribution in [2.45, 2.75) is 70.3 Å². The fraction of sp³-hybridized carbons (Fsp3) is 0.517. The summed E-state index contributed by atoms with van der Waals surface area (Å²) in [5, 5.41) is 0. The number of hydrogen-bond donors (Lipinski definition) is 0. The number of terminal acetylenes is 1. The van der Waals surface area contributed by atoms with Gasteiger partial charge in [0.2, 0.25) is 0 Å². The average Bonchev–Trinajstić information content (AvgIpc) is 3.10. The van der Waals surface area contributed by atoms with Gasteiger partial charge in [-0.05, 0) is 80.1 Å². The fourth-order valence-corrected chi connectivity index (χ4v) is 7.53. The van der Waals surface area contributed by atoms with Gasteiger partial charge in [0.1, 0.15) is 5.60 Å². The second-order valence-corrected chi connectivity index (χ2v) is 10.4. The van der Waals surface area contributed by atoms with E-state index < -0.39 is 5.60 Å². The molecule has 0 N–H and O–H groups in total. The van der Waals surface area contributed by atoms with E-state index in [1.54, 1.807) is 14.0 Å². The smallest absolute Gasteiger partial charge is 0.159 e. The van der Waals surface area contributed by atoms with Gasteiger partial charge < -0.3 is 4.74 Å². The Bertz CT molecular complexity index is 1080. The first-order valence-electron chi connectivity index (χ1n) is 11.9. The summed E-state index contributed by atoms with van der Waals surface area (Å²) < 4.78 is 6.10. The Morgan fingerprint density at radius 3 is 2.56 bits per heavy atom. The molecule has 5 atom stereocenters. The van der Waals surface area contributed by atoms with Gasteiger partial charge in [0.15, 0.2) is 11.6 Å². The van der Waals surface area contributed by atoms with E-state index >= 15 is 0 Å². The van der Waals surface area contributed by atoms with Crippen LogP contribution in [-0.2, 0) is 9.53 Å². The molecule has 4 aliphatic rings. The second-order valence-electron chi connectivity index (χ2n) is 10.4. The van der Waals surface area contributed by atoms with Crippen molar-refractivity contribution in [3.05, 3.63) is 58.2 Å². The molecule has 2 fully saturated rings. The Morgan fingerprint density at radius 1 is 1.16 bits per heavy atom. The number of ketones is 2. The van der Waals surface area contributed by atoms with Gasteiger partial charge in [0.25, 0.3) is 0 Å². The molecule has 1 aromatic carbocycles. The third kappa shape index (κ3) is 2.92. The molecule has 2 saturated carbocycles. The SMILES string of the molecule is C#C[C@]1(OC)CC[C@H]2[C@@H]3CCC4=CC(=O)CCC4=C3[C@@H](c3ccc(C(C)=O)cc3)CC21C. The number of carbonyl (C=O) groups excluding carboxylic acids is 2. The van der Waals surface area contributed by atoms with Crippen molar-refractivity contribution in [2.75, 3.05) is 7.11 Å². The highest BCUT2D eigenvalue weighted by atomic mass is 16.5. The van der Waals surface area contributed by atoms with E-state index in [-0.39, 0.29) is 22.9 Å². The van der Waals surface area contributed by atoms with E-state index in [0.717, 1.165) is 44.1 Å². The highest BCUT2D eigenvalue weighted by Gasteiger charge is 2.63. The van der Waals surface area contributed by atoms with E-state index in [0.29, 0.717) is 18.3 Å². The minimum atomic E-state index is -0.538. The van der Waals surface area contributed by atoms with Crippen molar-refractivity contribution in [1.29, 1.82) is 0 Å². The maximum absolute atomic E-state index is 12.2. The van der Waals surface area contributed by atoms with Crippen molar-refractivity contribution in [3.63, 3.8) is 0 Å². The molecule has 1 aromatic rings. The Balaban J connectivity index is 1.68. The summed E-state index contributed by atoms with van der Waals surface area (Å²) in [6, 6.07) is 8.16. The molecule has 3 heteroatoms. The number of hydrogen-bond acceptors (Lipinski definition) is 3. The zero-order valence-corrected chi connectivity index (χ0v) is 19.4. The summed E-state index contributed by atoms with van der Waals surface area (Å²) in [7, 11) is 1.77. The molecule has 166 valence electrons. The molecule has 5 rings (SSSR count). The van der Waals surface area contributed by atoms with Crippen LogP contribution in [-0.4, -0.2) is 24.3 Å². The normalized spacial score (nSPS) is 36.0. The summed E-state index contributed by atoms with van der Waals surface area (Å²) in [5.41, 5.74) is 5.57. The lowest BCUT2D eigenvalue weighted by molar-refractivity contribution is -0.114. The van der Waals surface area contributed by atoms with E-state index in [1.807, 2.05) is 18.2 Å². The summed E-state index contributed by atoms with van der Waals surface area (Å²) >= 11 is 0. The number of allylic oxidation sites excluding steroid dienone is 4. The molecule has 0 aliphatic heterocycles. The molecule has 0 saturated heterocycles. The predicted molar refractivity (Wildman–Crippen MR) is 125 cm³/mol. The van der Waals surface area contributed by atoms with E-state index in [9.17, 15) is 9.59 Å². The third-order valence-electron chi connectivity index (χ3n) is 9.16. The Morgan fingerprint density at radius 2 is 1.91 bits per heavy atom. The highest BCUT2D eigenvalue weighted by Crippen LogP contribution is 2.67. The van der Waals surface area contributed by atoms with E-state index in [2.05, 4.69) is 25.0 Å². The van der Waals surface area contributed by atoms with Crippen LogP contribution in [0.4, 0.5) is 0 Å². The minimum Gasteiger partial charge on any atom is -0.365 e. The number of fused-ring (bicyclic) bond motifs is 4. The lowest BCUT2D eigenvalue weighted by Gasteiger charge is -2.54. The summed E-state index contributed by atoms with van der Waals surface area (Å²) in [4.78, 5) is 24.0. The Kier molecular flexibility index (Phi) is 5.06. The first-order chi connectivity index (χ1) is 15.3. The van der Waals surface area contributed by atoms with Crippen molar-refractivity contribution in [1.82, 2.24) is 0 Å². The topological polar surface area (TPSA) is 43.4 Å². The van der Waals surface area contributed by atoms with Gasteiger partial charge in [-0.15, -0.1) is 6.42 Å².